The van der Waals surface area contributed by atoms with Gasteiger partial charge in [0.2, 0.25) is 0 Å². The first-order valence-electron chi connectivity index (χ1n) is 7.25. The van der Waals surface area contributed by atoms with Crippen molar-refractivity contribution >= 4 is 21.9 Å². The minimum absolute atomic E-state index is 0.337. The molecule has 1 atom stereocenters. The van der Waals surface area contributed by atoms with Crippen LogP contribution < -0.4 is 4.74 Å². The van der Waals surface area contributed by atoms with Crippen LogP contribution in [-0.4, -0.2) is 18.7 Å². The SMILES string of the molecule is CCOC(=O)C(Cc1ccccc1)Oc1ccc(CBr)cc1. The highest BCUT2D eigenvalue weighted by Crippen LogP contribution is 2.18. The Balaban J connectivity index is 2.11. The fourth-order valence-corrected chi connectivity index (χ4v) is 2.43. The van der Waals surface area contributed by atoms with Crippen LogP contribution in [0.25, 0.3) is 0 Å². The van der Waals surface area contributed by atoms with E-state index in [0.29, 0.717) is 18.8 Å². The highest BCUT2D eigenvalue weighted by atomic mass is 79.9. The lowest BCUT2D eigenvalue weighted by Gasteiger charge is -2.18. The van der Waals surface area contributed by atoms with Gasteiger partial charge in [0.05, 0.1) is 6.61 Å². The zero-order chi connectivity index (χ0) is 15.8. The summed E-state index contributed by atoms with van der Waals surface area (Å²) in [4.78, 5) is 12.1. The average Bonchev–Trinajstić information content (AvgIpc) is 2.56. The van der Waals surface area contributed by atoms with Crippen LogP contribution in [0.5, 0.6) is 5.75 Å². The highest BCUT2D eigenvalue weighted by molar-refractivity contribution is 9.08. The number of esters is 1. The van der Waals surface area contributed by atoms with E-state index in [1.165, 1.54) is 0 Å². The first-order valence-corrected chi connectivity index (χ1v) is 8.37. The van der Waals surface area contributed by atoms with Crippen molar-refractivity contribution in [3.05, 3.63) is 65.7 Å². The molecule has 4 heteroatoms. The number of halogens is 1. The topological polar surface area (TPSA) is 35.5 Å². The first-order chi connectivity index (χ1) is 10.7. The summed E-state index contributed by atoms with van der Waals surface area (Å²) in [5.41, 5.74) is 2.20. The molecule has 0 saturated heterocycles. The second kappa shape index (κ2) is 8.59. The molecule has 0 N–H and O–H groups in total. The van der Waals surface area contributed by atoms with Gasteiger partial charge in [-0.25, -0.2) is 4.79 Å². The molecule has 2 aromatic rings. The molecule has 0 aliphatic carbocycles. The molecule has 1 unspecified atom stereocenters. The molecule has 0 aliphatic rings. The number of alkyl halides is 1. The van der Waals surface area contributed by atoms with Crippen LogP contribution in [0.3, 0.4) is 0 Å². The lowest BCUT2D eigenvalue weighted by molar-refractivity contribution is -0.151. The number of hydrogen-bond donors (Lipinski definition) is 0. The minimum atomic E-state index is -0.642. The Morgan fingerprint density at radius 3 is 2.32 bits per heavy atom. The maximum absolute atomic E-state index is 12.1. The Hall–Kier alpha value is -1.81. The molecule has 0 heterocycles. The molecule has 0 saturated carbocycles. The van der Waals surface area contributed by atoms with Crippen molar-refractivity contribution in [3.63, 3.8) is 0 Å². The Labute approximate surface area is 139 Å². The Bertz CT molecular complexity index is 581. The van der Waals surface area contributed by atoms with Crippen LogP contribution in [0.4, 0.5) is 0 Å². The molecule has 0 amide bonds. The summed E-state index contributed by atoms with van der Waals surface area (Å²) in [6.45, 7) is 2.14. The zero-order valence-corrected chi connectivity index (χ0v) is 14.1. The maximum Gasteiger partial charge on any atom is 0.347 e. The van der Waals surface area contributed by atoms with Gasteiger partial charge in [0.1, 0.15) is 5.75 Å². The van der Waals surface area contributed by atoms with Crippen molar-refractivity contribution in [2.45, 2.75) is 24.8 Å². The second-order valence-electron chi connectivity index (χ2n) is 4.83. The molecule has 116 valence electrons. The number of carbonyl (C=O) groups excluding carboxylic acids is 1. The largest absolute Gasteiger partial charge is 0.478 e. The number of rotatable bonds is 7. The van der Waals surface area contributed by atoms with Gasteiger partial charge in [0, 0.05) is 11.8 Å². The van der Waals surface area contributed by atoms with E-state index < -0.39 is 6.10 Å². The van der Waals surface area contributed by atoms with Crippen molar-refractivity contribution in [2.24, 2.45) is 0 Å². The van der Waals surface area contributed by atoms with Gasteiger partial charge in [-0.05, 0) is 30.2 Å². The van der Waals surface area contributed by atoms with E-state index in [2.05, 4.69) is 15.9 Å². The summed E-state index contributed by atoms with van der Waals surface area (Å²) < 4.78 is 11.0. The van der Waals surface area contributed by atoms with E-state index in [4.69, 9.17) is 9.47 Å². The summed E-state index contributed by atoms with van der Waals surface area (Å²) in [6, 6.07) is 17.5. The summed E-state index contributed by atoms with van der Waals surface area (Å²) in [6.07, 6.45) is -0.156. The van der Waals surface area contributed by atoms with Crippen LogP contribution in [0.15, 0.2) is 54.6 Å². The first kappa shape index (κ1) is 16.6. The van der Waals surface area contributed by atoms with Gasteiger partial charge >= 0.3 is 5.97 Å². The third-order valence-electron chi connectivity index (χ3n) is 3.17. The summed E-state index contributed by atoms with van der Waals surface area (Å²) in [5, 5.41) is 0.790. The molecule has 0 aliphatic heterocycles. The number of ether oxygens (including phenoxy) is 2. The number of benzene rings is 2. The van der Waals surface area contributed by atoms with Crippen LogP contribution in [0, 0.1) is 0 Å². The molecular weight excluding hydrogens is 344 g/mol. The van der Waals surface area contributed by atoms with Crippen molar-refractivity contribution in [1.29, 1.82) is 0 Å². The normalized spacial score (nSPS) is 11.7. The molecule has 0 spiro atoms. The van der Waals surface area contributed by atoms with Crippen LogP contribution >= 0.6 is 15.9 Å². The molecule has 0 fully saturated rings. The van der Waals surface area contributed by atoms with Gasteiger partial charge in [-0.15, -0.1) is 0 Å². The van der Waals surface area contributed by atoms with Crippen LogP contribution in [0.2, 0.25) is 0 Å². The summed E-state index contributed by atoms with van der Waals surface area (Å²) >= 11 is 3.41. The molecule has 22 heavy (non-hydrogen) atoms. The third kappa shape index (κ3) is 4.88. The molecule has 2 rings (SSSR count). The quantitative estimate of drug-likeness (QED) is 0.548. The van der Waals surface area contributed by atoms with Gasteiger partial charge in [0.15, 0.2) is 6.10 Å². The van der Waals surface area contributed by atoms with Crippen LogP contribution in [-0.2, 0) is 21.3 Å². The fourth-order valence-electron chi connectivity index (χ4n) is 2.06. The molecule has 2 aromatic carbocycles. The lowest BCUT2D eigenvalue weighted by atomic mass is 10.1. The standard InChI is InChI=1S/C18H19BrO3/c1-2-21-18(20)17(12-14-6-4-3-5-7-14)22-16-10-8-15(13-19)9-11-16/h3-11,17H,2,12-13H2,1H3. The van der Waals surface area contributed by atoms with E-state index >= 15 is 0 Å². The van der Waals surface area contributed by atoms with Crippen molar-refractivity contribution in [2.75, 3.05) is 6.61 Å². The molecular formula is C18H19BrO3. The third-order valence-corrected chi connectivity index (χ3v) is 3.82. The average molecular weight is 363 g/mol. The monoisotopic (exact) mass is 362 g/mol. The van der Waals surface area contributed by atoms with Gasteiger partial charge in [-0.2, -0.15) is 0 Å². The molecule has 0 bridgehead atoms. The van der Waals surface area contributed by atoms with Crippen molar-refractivity contribution < 1.29 is 14.3 Å². The van der Waals surface area contributed by atoms with Gasteiger partial charge < -0.3 is 9.47 Å². The smallest absolute Gasteiger partial charge is 0.347 e. The Kier molecular flexibility index (Phi) is 6.46. The Morgan fingerprint density at radius 1 is 1.05 bits per heavy atom. The predicted molar refractivity (Wildman–Crippen MR) is 90.3 cm³/mol. The number of hydrogen-bond acceptors (Lipinski definition) is 3. The summed E-state index contributed by atoms with van der Waals surface area (Å²) in [5.74, 6) is 0.328. The predicted octanol–water partition coefficient (Wildman–Crippen LogP) is 4.13. The molecule has 0 radical (unpaired) electrons. The van der Waals surface area contributed by atoms with E-state index in [9.17, 15) is 4.79 Å². The molecule has 0 aromatic heterocycles. The van der Waals surface area contributed by atoms with Gasteiger partial charge in [-0.1, -0.05) is 58.4 Å². The van der Waals surface area contributed by atoms with Crippen molar-refractivity contribution in [1.82, 2.24) is 0 Å². The fraction of sp³-hybridized carbons (Fsp3) is 0.278. The van der Waals surface area contributed by atoms with Gasteiger partial charge in [0.25, 0.3) is 0 Å². The maximum atomic E-state index is 12.1. The number of carbonyl (C=O) groups is 1. The van der Waals surface area contributed by atoms with E-state index in [1.807, 2.05) is 54.6 Å². The van der Waals surface area contributed by atoms with E-state index in [-0.39, 0.29) is 5.97 Å². The minimum Gasteiger partial charge on any atom is -0.478 e. The molecule has 3 nitrogen and oxygen atoms in total. The summed E-state index contributed by atoms with van der Waals surface area (Å²) in [7, 11) is 0. The Morgan fingerprint density at radius 2 is 1.73 bits per heavy atom. The van der Waals surface area contributed by atoms with Crippen LogP contribution in [0.1, 0.15) is 18.1 Å². The highest BCUT2D eigenvalue weighted by Gasteiger charge is 2.22. The second-order valence-corrected chi connectivity index (χ2v) is 5.39. The zero-order valence-electron chi connectivity index (χ0n) is 12.5. The van der Waals surface area contributed by atoms with Crippen molar-refractivity contribution in [3.8, 4) is 5.75 Å². The van der Waals surface area contributed by atoms with E-state index in [1.54, 1.807) is 6.92 Å². The lowest BCUT2D eigenvalue weighted by Crippen LogP contribution is -2.31. The van der Waals surface area contributed by atoms with E-state index in [0.717, 1.165) is 16.5 Å². The van der Waals surface area contributed by atoms with Gasteiger partial charge in [-0.3, -0.25) is 0 Å².